The first kappa shape index (κ1) is 20.2. The van der Waals surface area contributed by atoms with Crippen LogP contribution in [0.5, 0.6) is 5.75 Å². The normalized spacial score (nSPS) is 23.0. The van der Waals surface area contributed by atoms with Crippen LogP contribution in [0, 0.1) is 0 Å². The summed E-state index contributed by atoms with van der Waals surface area (Å²) in [5.74, 6) is 1.37. The summed E-state index contributed by atoms with van der Waals surface area (Å²) in [5, 5.41) is 10.3. The van der Waals surface area contributed by atoms with Crippen molar-refractivity contribution in [2.45, 2.75) is 71.1 Å². The fourth-order valence-corrected chi connectivity index (χ4v) is 3.65. The minimum atomic E-state index is -0.439. The van der Waals surface area contributed by atoms with Crippen molar-refractivity contribution in [3.63, 3.8) is 0 Å². The van der Waals surface area contributed by atoms with E-state index in [1.54, 1.807) is 0 Å². The molecule has 0 unspecified atom stereocenters. The summed E-state index contributed by atoms with van der Waals surface area (Å²) < 4.78 is 11.5. The highest BCUT2D eigenvalue weighted by molar-refractivity contribution is 5.35. The highest BCUT2D eigenvalue weighted by Gasteiger charge is 2.26. The average Bonchev–Trinajstić information content (AvgIpc) is 2.58. The summed E-state index contributed by atoms with van der Waals surface area (Å²) in [7, 11) is 0. The number of β-amino-alcohol motifs (C(OH)–C–C–N with tert-alkyl or cyclic N) is 1. The second kappa shape index (κ2) is 10.1. The van der Waals surface area contributed by atoms with Gasteiger partial charge in [-0.2, -0.15) is 0 Å². The summed E-state index contributed by atoms with van der Waals surface area (Å²) in [4.78, 5) is 2.41. The van der Waals surface area contributed by atoms with Crippen molar-refractivity contribution in [1.82, 2.24) is 4.90 Å². The van der Waals surface area contributed by atoms with Crippen LogP contribution in [0.1, 0.15) is 58.4 Å². The van der Waals surface area contributed by atoms with E-state index in [1.807, 2.05) is 18.2 Å². The van der Waals surface area contributed by atoms with Crippen LogP contribution in [-0.4, -0.2) is 54.6 Å². The van der Waals surface area contributed by atoms with Crippen LogP contribution in [0.15, 0.2) is 24.3 Å². The molecule has 1 saturated heterocycles. The Labute approximate surface area is 153 Å². The van der Waals surface area contributed by atoms with Crippen molar-refractivity contribution >= 4 is 0 Å². The number of aliphatic hydroxyl groups is 1. The monoisotopic (exact) mass is 349 g/mol. The van der Waals surface area contributed by atoms with Crippen LogP contribution in [0.2, 0.25) is 0 Å². The van der Waals surface area contributed by atoms with E-state index in [1.165, 1.54) is 24.8 Å². The summed E-state index contributed by atoms with van der Waals surface area (Å²) in [6, 6.07) is 9.24. The molecule has 1 aliphatic rings. The Kier molecular flexibility index (Phi) is 8.20. The quantitative estimate of drug-likeness (QED) is 0.688. The molecule has 3 atom stereocenters. The van der Waals surface area contributed by atoms with Gasteiger partial charge in [-0.1, -0.05) is 38.5 Å². The number of likely N-dealkylation sites (tertiary alicyclic amines) is 1. The Bertz CT molecular complexity index is 496. The van der Waals surface area contributed by atoms with Crippen molar-refractivity contribution in [2.24, 2.45) is 0 Å². The molecule has 2 rings (SSSR count). The lowest BCUT2D eigenvalue weighted by Crippen LogP contribution is -2.48. The van der Waals surface area contributed by atoms with Crippen molar-refractivity contribution < 1.29 is 14.6 Å². The maximum Gasteiger partial charge on any atom is 0.122 e. The van der Waals surface area contributed by atoms with Crippen LogP contribution >= 0.6 is 0 Å². The minimum Gasteiger partial charge on any atom is -0.491 e. The summed E-state index contributed by atoms with van der Waals surface area (Å²) in [5.41, 5.74) is 1.22. The van der Waals surface area contributed by atoms with Gasteiger partial charge in [-0.3, -0.25) is 4.90 Å². The number of hydrogen-bond donors (Lipinski definition) is 1. The van der Waals surface area contributed by atoms with Crippen LogP contribution in [0.4, 0.5) is 0 Å². The zero-order chi connectivity index (χ0) is 18.2. The van der Waals surface area contributed by atoms with Crippen LogP contribution in [-0.2, 0) is 4.74 Å². The molecule has 4 nitrogen and oxygen atoms in total. The third-order valence-electron chi connectivity index (χ3n) is 5.13. The van der Waals surface area contributed by atoms with Crippen LogP contribution in [0.3, 0.4) is 0 Å². The average molecular weight is 350 g/mol. The van der Waals surface area contributed by atoms with Gasteiger partial charge in [0.1, 0.15) is 12.4 Å². The van der Waals surface area contributed by atoms with Gasteiger partial charge in [-0.25, -0.2) is 0 Å². The van der Waals surface area contributed by atoms with Crippen LogP contribution < -0.4 is 4.74 Å². The molecule has 0 amide bonds. The molecule has 1 N–H and O–H groups in total. The van der Waals surface area contributed by atoms with Crippen molar-refractivity contribution in [2.75, 3.05) is 26.4 Å². The number of piperidine rings is 1. The van der Waals surface area contributed by atoms with Gasteiger partial charge in [-0.15, -0.1) is 0 Å². The molecule has 0 spiro atoms. The molecule has 1 aromatic rings. The largest absolute Gasteiger partial charge is 0.491 e. The molecule has 4 heteroatoms. The topological polar surface area (TPSA) is 41.9 Å². The third-order valence-corrected chi connectivity index (χ3v) is 5.13. The summed E-state index contributed by atoms with van der Waals surface area (Å²) >= 11 is 0. The Morgan fingerprint density at radius 1 is 1.12 bits per heavy atom. The van der Waals surface area contributed by atoms with Gasteiger partial charge >= 0.3 is 0 Å². The third kappa shape index (κ3) is 6.28. The van der Waals surface area contributed by atoms with Crippen molar-refractivity contribution in [3.05, 3.63) is 29.8 Å². The molecule has 1 aliphatic heterocycles. The van der Waals surface area contributed by atoms with E-state index in [2.05, 4.69) is 38.7 Å². The fraction of sp³-hybridized carbons (Fsp3) is 0.714. The van der Waals surface area contributed by atoms with Gasteiger partial charge in [-0.05, 0) is 44.2 Å². The lowest BCUT2D eigenvalue weighted by atomic mass is 9.97. The Morgan fingerprint density at radius 2 is 1.80 bits per heavy atom. The molecule has 1 aromatic carbocycles. The molecule has 0 saturated carbocycles. The van der Waals surface area contributed by atoms with E-state index >= 15 is 0 Å². The number of para-hydroxylation sites is 1. The van der Waals surface area contributed by atoms with E-state index in [0.717, 1.165) is 5.75 Å². The second-order valence-electron chi connectivity index (χ2n) is 7.60. The zero-order valence-electron chi connectivity index (χ0n) is 16.3. The molecule has 0 aromatic heterocycles. The Morgan fingerprint density at radius 3 is 2.48 bits per heavy atom. The van der Waals surface area contributed by atoms with E-state index < -0.39 is 6.10 Å². The number of hydrogen-bond acceptors (Lipinski definition) is 4. The van der Waals surface area contributed by atoms with Gasteiger partial charge in [0.2, 0.25) is 0 Å². The first-order chi connectivity index (χ1) is 12.0. The minimum absolute atomic E-state index is 0.366. The molecular weight excluding hydrogens is 314 g/mol. The maximum atomic E-state index is 10.3. The Hall–Kier alpha value is -1.10. The zero-order valence-corrected chi connectivity index (χ0v) is 16.3. The van der Waals surface area contributed by atoms with E-state index in [0.29, 0.717) is 44.4 Å². The molecule has 0 aliphatic carbocycles. The predicted molar refractivity (Wildman–Crippen MR) is 102 cm³/mol. The maximum absolute atomic E-state index is 10.3. The smallest absolute Gasteiger partial charge is 0.122 e. The van der Waals surface area contributed by atoms with E-state index in [9.17, 15) is 5.11 Å². The molecule has 0 radical (unpaired) electrons. The SMILES string of the molecule is CC(C)c1ccccc1OCCOC[C@H](O)CN1[C@H](C)CCC[C@H]1C. The standard InChI is InChI=1S/C21H35NO3/c1-16(2)20-10-5-6-11-21(20)25-13-12-24-15-19(23)14-22-17(3)8-7-9-18(22)4/h5-6,10-11,16-19,23H,7-9,12-15H2,1-4H3/t17-,18-,19-/m1/s1. The van der Waals surface area contributed by atoms with Crippen LogP contribution in [0.25, 0.3) is 0 Å². The van der Waals surface area contributed by atoms with Gasteiger partial charge in [0.25, 0.3) is 0 Å². The highest BCUT2D eigenvalue weighted by Crippen LogP contribution is 2.25. The molecule has 0 bridgehead atoms. The molecule has 1 heterocycles. The van der Waals surface area contributed by atoms with E-state index in [-0.39, 0.29) is 0 Å². The first-order valence-corrected chi connectivity index (χ1v) is 9.72. The molecule has 1 fully saturated rings. The summed E-state index contributed by atoms with van der Waals surface area (Å²) in [6.45, 7) is 10.9. The molecule has 25 heavy (non-hydrogen) atoms. The second-order valence-corrected chi connectivity index (χ2v) is 7.60. The first-order valence-electron chi connectivity index (χ1n) is 9.72. The number of rotatable bonds is 9. The van der Waals surface area contributed by atoms with E-state index in [4.69, 9.17) is 9.47 Å². The highest BCUT2D eigenvalue weighted by atomic mass is 16.5. The Balaban J connectivity index is 1.66. The van der Waals surface area contributed by atoms with Gasteiger partial charge in [0.15, 0.2) is 0 Å². The number of benzene rings is 1. The van der Waals surface area contributed by atoms with Crippen molar-refractivity contribution in [3.8, 4) is 5.75 Å². The number of ether oxygens (including phenoxy) is 2. The predicted octanol–water partition coefficient (Wildman–Crippen LogP) is 3.83. The van der Waals surface area contributed by atoms with Crippen molar-refractivity contribution in [1.29, 1.82) is 0 Å². The fourth-order valence-electron chi connectivity index (χ4n) is 3.65. The molecule has 142 valence electrons. The molecular formula is C21H35NO3. The van der Waals surface area contributed by atoms with Gasteiger partial charge in [0.05, 0.1) is 19.3 Å². The van der Waals surface area contributed by atoms with Gasteiger partial charge in [0, 0.05) is 18.6 Å². The number of aliphatic hydroxyl groups excluding tert-OH is 1. The lowest BCUT2D eigenvalue weighted by molar-refractivity contribution is -0.0141. The summed E-state index contributed by atoms with van der Waals surface area (Å²) in [6.07, 6.45) is 3.30. The number of nitrogens with zero attached hydrogens (tertiary/aromatic N) is 1. The van der Waals surface area contributed by atoms with Gasteiger partial charge < -0.3 is 14.6 Å². The lowest BCUT2D eigenvalue weighted by Gasteiger charge is -2.40.